The van der Waals surface area contributed by atoms with Crippen LogP contribution >= 0.6 is 0 Å². The van der Waals surface area contributed by atoms with Gasteiger partial charge in [-0.25, -0.2) is 0 Å². The molecular weight excluding hydrogens is 252 g/mol. The number of ether oxygens (including phenoxy) is 1. The van der Waals surface area contributed by atoms with E-state index >= 15 is 0 Å². The van der Waals surface area contributed by atoms with E-state index in [-0.39, 0.29) is 5.91 Å². The Labute approximate surface area is 120 Å². The van der Waals surface area contributed by atoms with Gasteiger partial charge in [0.1, 0.15) is 0 Å². The van der Waals surface area contributed by atoms with Crippen LogP contribution in [-0.4, -0.2) is 37.1 Å². The van der Waals surface area contributed by atoms with E-state index in [1.165, 1.54) is 0 Å². The predicted octanol–water partition coefficient (Wildman–Crippen LogP) is 1.79. The summed E-state index contributed by atoms with van der Waals surface area (Å²) in [4.78, 5) is 14.8. The van der Waals surface area contributed by atoms with Gasteiger partial charge in [-0.3, -0.25) is 4.79 Å². The Morgan fingerprint density at radius 1 is 1.30 bits per heavy atom. The first-order valence-corrected chi connectivity index (χ1v) is 7.33. The van der Waals surface area contributed by atoms with Crippen molar-refractivity contribution in [2.75, 3.05) is 26.3 Å². The summed E-state index contributed by atoms with van der Waals surface area (Å²) in [6.07, 6.45) is 1.46. The van der Waals surface area contributed by atoms with E-state index < -0.39 is 5.41 Å². The molecule has 0 unspecified atom stereocenters. The van der Waals surface area contributed by atoms with Gasteiger partial charge in [0.15, 0.2) is 0 Å². The van der Waals surface area contributed by atoms with Gasteiger partial charge in [0.25, 0.3) is 0 Å². The van der Waals surface area contributed by atoms with Crippen molar-refractivity contribution in [3.63, 3.8) is 0 Å². The zero-order valence-corrected chi connectivity index (χ0v) is 12.2. The lowest BCUT2D eigenvalue weighted by Crippen LogP contribution is -2.50. The van der Waals surface area contributed by atoms with Crippen LogP contribution in [0.25, 0.3) is 0 Å². The fourth-order valence-electron chi connectivity index (χ4n) is 2.73. The molecule has 0 spiro atoms. The maximum absolute atomic E-state index is 12.9. The lowest BCUT2D eigenvalue weighted by Gasteiger charge is -2.38. The summed E-state index contributed by atoms with van der Waals surface area (Å²) in [5.41, 5.74) is 6.65. The highest BCUT2D eigenvalue weighted by Crippen LogP contribution is 2.32. The van der Waals surface area contributed by atoms with Gasteiger partial charge in [0.05, 0.1) is 5.41 Å². The Bertz CT molecular complexity index is 427. The predicted molar refractivity (Wildman–Crippen MR) is 79.1 cm³/mol. The van der Waals surface area contributed by atoms with E-state index in [9.17, 15) is 4.79 Å². The number of carbonyl (C=O) groups is 1. The third-order valence-electron chi connectivity index (χ3n) is 4.18. The van der Waals surface area contributed by atoms with Crippen molar-refractivity contribution >= 4 is 5.91 Å². The van der Waals surface area contributed by atoms with Crippen LogP contribution in [0.2, 0.25) is 0 Å². The van der Waals surface area contributed by atoms with Crippen LogP contribution in [0.1, 0.15) is 25.3 Å². The molecule has 0 aliphatic carbocycles. The monoisotopic (exact) mass is 276 g/mol. The lowest BCUT2D eigenvalue weighted by molar-refractivity contribution is -0.147. The van der Waals surface area contributed by atoms with Gasteiger partial charge in [-0.15, -0.1) is 0 Å². The lowest BCUT2D eigenvalue weighted by atomic mass is 9.78. The topological polar surface area (TPSA) is 55.6 Å². The minimum atomic E-state index is -0.428. The molecule has 110 valence electrons. The summed E-state index contributed by atoms with van der Waals surface area (Å²) in [6, 6.07) is 10.1. The second-order valence-electron chi connectivity index (χ2n) is 5.40. The van der Waals surface area contributed by atoms with Crippen LogP contribution in [0.15, 0.2) is 30.3 Å². The Kier molecular flexibility index (Phi) is 5.15. The molecule has 1 fully saturated rings. The molecule has 1 aliphatic heterocycles. The fraction of sp³-hybridized carbons (Fsp3) is 0.562. The Morgan fingerprint density at radius 2 is 1.95 bits per heavy atom. The van der Waals surface area contributed by atoms with E-state index in [0.29, 0.717) is 32.8 Å². The van der Waals surface area contributed by atoms with Crippen molar-refractivity contribution in [2.24, 2.45) is 11.1 Å². The molecule has 0 saturated carbocycles. The van der Waals surface area contributed by atoms with E-state index in [1.54, 1.807) is 0 Å². The van der Waals surface area contributed by atoms with Gasteiger partial charge in [0.2, 0.25) is 5.91 Å². The summed E-state index contributed by atoms with van der Waals surface area (Å²) in [7, 11) is 0. The molecule has 0 radical (unpaired) electrons. The first kappa shape index (κ1) is 15.0. The highest BCUT2D eigenvalue weighted by molar-refractivity contribution is 5.83. The fourth-order valence-corrected chi connectivity index (χ4v) is 2.73. The summed E-state index contributed by atoms with van der Waals surface area (Å²) >= 11 is 0. The molecule has 0 bridgehead atoms. The molecule has 4 heteroatoms. The average molecular weight is 276 g/mol. The van der Waals surface area contributed by atoms with Crippen molar-refractivity contribution in [1.29, 1.82) is 0 Å². The highest BCUT2D eigenvalue weighted by atomic mass is 16.5. The van der Waals surface area contributed by atoms with Crippen molar-refractivity contribution in [2.45, 2.75) is 26.3 Å². The first-order chi connectivity index (χ1) is 9.72. The van der Waals surface area contributed by atoms with E-state index in [0.717, 1.165) is 18.4 Å². The van der Waals surface area contributed by atoms with Crippen molar-refractivity contribution < 1.29 is 9.53 Å². The normalized spacial score (nSPS) is 17.7. The molecule has 0 atom stereocenters. The van der Waals surface area contributed by atoms with E-state index in [4.69, 9.17) is 10.5 Å². The maximum atomic E-state index is 12.9. The van der Waals surface area contributed by atoms with Crippen molar-refractivity contribution in [3.8, 4) is 0 Å². The van der Waals surface area contributed by atoms with Crippen LogP contribution in [-0.2, 0) is 16.1 Å². The Balaban J connectivity index is 2.11. The molecule has 1 amide bonds. The number of carbonyl (C=O) groups excluding carboxylic acids is 1. The first-order valence-electron chi connectivity index (χ1n) is 7.33. The summed E-state index contributed by atoms with van der Waals surface area (Å²) < 4.78 is 5.38. The van der Waals surface area contributed by atoms with Crippen molar-refractivity contribution in [1.82, 2.24) is 4.90 Å². The zero-order chi connectivity index (χ0) is 14.4. The third kappa shape index (κ3) is 3.19. The van der Waals surface area contributed by atoms with Crippen LogP contribution in [0, 0.1) is 5.41 Å². The van der Waals surface area contributed by atoms with Gasteiger partial charge in [-0.2, -0.15) is 0 Å². The molecule has 2 rings (SSSR count). The van der Waals surface area contributed by atoms with Gasteiger partial charge < -0.3 is 15.4 Å². The molecule has 1 aromatic rings. The second kappa shape index (κ2) is 6.86. The van der Waals surface area contributed by atoms with Gasteiger partial charge in [-0.1, -0.05) is 30.3 Å². The van der Waals surface area contributed by atoms with Crippen LogP contribution < -0.4 is 5.73 Å². The number of nitrogens with two attached hydrogens (primary N) is 1. The molecule has 1 aliphatic rings. The second-order valence-corrected chi connectivity index (χ2v) is 5.40. The van der Waals surface area contributed by atoms with Crippen molar-refractivity contribution in [3.05, 3.63) is 35.9 Å². The number of nitrogens with zero attached hydrogens (tertiary/aromatic N) is 1. The molecule has 4 nitrogen and oxygen atoms in total. The molecular formula is C16H24N2O2. The molecule has 1 aromatic carbocycles. The Hall–Kier alpha value is -1.39. The molecule has 2 N–H and O–H groups in total. The Morgan fingerprint density at radius 3 is 2.50 bits per heavy atom. The minimum absolute atomic E-state index is 0.176. The summed E-state index contributed by atoms with van der Waals surface area (Å²) in [6.45, 7) is 5.04. The SMILES string of the molecule is CCN(Cc1ccccc1)C(=O)C1(CN)CCOCC1. The summed E-state index contributed by atoms with van der Waals surface area (Å²) in [5.74, 6) is 0.176. The van der Waals surface area contributed by atoms with E-state index in [1.807, 2.05) is 30.0 Å². The van der Waals surface area contributed by atoms with E-state index in [2.05, 4.69) is 12.1 Å². The van der Waals surface area contributed by atoms with Crippen LogP contribution in [0.4, 0.5) is 0 Å². The highest BCUT2D eigenvalue weighted by Gasteiger charge is 2.41. The number of amides is 1. The zero-order valence-electron chi connectivity index (χ0n) is 12.2. The quantitative estimate of drug-likeness (QED) is 0.892. The average Bonchev–Trinajstić information content (AvgIpc) is 2.53. The van der Waals surface area contributed by atoms with Gasteiger partial charge in [-0.05, 0) is 25.3 Å². The number of hydrogen-bond donors (Lipinski definition) is 1. The largest absolute Gasteiger partial charge is 0.381 e. The van der Waals surface area contributed by atoms with Gasteiger partial charge in [0, 0.05) is 32.8 Å². The molecule has 1 saturated heterocycles. The van der Waals surface area contributed by atoms with Gasteiger partial charge >= 0.3 is 0 Å². The number of benzene rings is 1. The molecule has 0 aromatic heterocycles. The molecule has 1 heterocycles. The number of hydrogen-bond acceptors (Lipinski definition) is 3. The number of rotatable bonds is 5. The maximum Gasteiger partial charge on any atom is 0.230 e. The standard InChI is InChI=1S/C16H24N2O2/c1-2-18(12-14-6-4-3-5-7-14)15(19)16(13-17)8-10-20-11-9-16/h3-7H,2,8-13,17H2,1H3. The smallest absolute Gasteiger partial charge is 0.230 e. The van der Waals surface area contributed by atoms with Crippen LogP contribution in [0.5, 0.6) is 0 Å². The van der Waals surface area contributed by atoms with Crippen LogP contribution in [0.3, 0.4) is 0 Å². The minimum Gasteiger partial charge on any atom is -0.381 e. The molecule has 20 heavy (non-hydrogen) atoms. The summed E-state index contributed by atoms with van der Waals surface area (Å²) in [5, 5.41) is 0. The third-order valence-corrected chi connectivity index (χ3v) is 4.18.